The van der Waals surface area contributed by atoms with Crippen LogP contribution >= 0.6 is 0 Å². The van der Waals surface area contributed by atoms with Crippen molar-refractivity contribution < 1.29 is 26.4 Å². The third-order valence-electron chi connectivity index (χ3n) is 8.09. The van der Waals surface area contributed by atoms with Gasteiger partial charge in [0.15, 0.2) is 5.78 Å². The van der Waals surface area contributed by atoms with Crippen LogP contribution in [0.3, 0.4) is 0 Å². The van der Waals surface area contributed by atoms with Crippen molar-refractivity contribution in [1.82, 2.24) is 0 Å². The number of halogens is 1. The fraction of sp³-hybridized carbons (Fsp3) is 0.306. The van der Waals surface area contributed by atoms with Crippen LogP contribution in [0.2, 0.25) is 0 Å². The van der Waals surface area contributed by atoms with E-state index in [1.807, 2.05) is 48.5 Å². The van der Waals surface area contributed by atoms with Crippen molar-refractivity contribution in [1.29, 1.82) is 0 Å². The molecule has 0 radical (unpaired) electrons. The number of ether oxygens (including phenoxy) is 1. The van der Waals surface area contributed by atoms with E-state index in [4.69, 9.17) is 4.74 Å². The molecule has 0 N–H and O–H groups in total. The average molecular weight is 556 g/mol. The average Bonchev–Trinajstić information content (AvgIpc) is 2.98. The summed E-state index contributed by atoms with van der Waals surface area (Å²) < 4.78 is 7.38. The number of carbonyl (C=O) groups is 1. The van der Waals surface area contributed by atoms with Crippen LogP contribution in [0.15, 0.2) is 103 Å². The number of rotatable bonds is 13. The van der Waals surface area contributed by atoms with E-state index in [2.05, 4.69) is 82.3 Å². The summed E-state index contributed by atoms with van der Waals surface area (Å²) in [5, 5.41) is 0. The largest absolute Gasteiger partial charge is 1.00 e. The quantitative estimate of drug-likeness (QED) is 0.168. The minimum Gasteiger partial charge on any atom is -1.00 e. The lowest BCUT2D eigenvalue weighted by Crippen LogP contribution is -3.00. The lowest BCUT2D eigenvalue weighted by atomic mass is 9.85. The third kappa shape index (κ3) is 7.84. The van der Waals surface area contributed by atoms with Gasteiger partial charge in [0.25, 0.3) is 0 Å². The number of Topliss-reactive ketones (excluding diaryl/α,β-unsaturated/α-hetero) is 1. The third-order valence-corrected chi connectivity index (χ3v) is 8.09. The summed E-state index contributed by atoms with van der Waals surface area (Å²) in [7, 11) is 0. The first-order chi connectivity index (χ1) is 18.9. The molecule has 4 heteroatoms. The lowest BCUT2D eigenvalue weighted by molar-refractivity contribution is -0.937. The molecule has 0 heterocycles. The molecule has 210 valence electrons. The lowest BCUT2D eigenvalue weighted by Gasteiger charge is -2.37. The van der Waals surface area contributed by atoms with Gasteiger partial charge < -0.3 is 21.6 Å². The Morgan fingerprint density at radius 2 is 1.23 bits per heavy atom. The van der Waals surface area contributed by atoms with Gasteiger partial charge in [-0.2, -0.15) is 0 Å². The zero-order valence-electron chi connectivity index (χ0n) is 24.3. The number of benzene rings is 4. The second-order valence-electron chi connectivity index (χ2n) is 10.6. The summed E-state index contributed by atoms with van der Waals surface area (Å²) in [4.78, 5) is 13.6. The Bertz CT molecular complexity index is 1270. The van der Waals surface area contributed by atoms with Gasteiger partial charge in [0.05, 0.1) is 13.1 Å². The molecule has 0 saturated carbocycles. The molecule has 0 aromatic heterocycles. The van der Waals surface area contributed by atoms with E-state index in [1.54, 1.807) is 0 Å². The Kier molecular flexibility index (Phi) is 11.5. The smallest absolute Gasteiger partial charge is 0.163 e. The van der Waals surface area contributed by atoms with Crippen molar-refractivity contribution in [2.24, 2.45) is 0 Å². The van der Waals surface area contributed by atoms with Gasteiger partial charge in [-0.1, -0.05) is 91.0 Å². The molecule has 4 rings (SSSR count). The molecule has 3 nitrogen and oxygen atoms in total. The van der Waals surface area contributed by atoms with Gasteiger partial charge in [0, 0.05) is 23.5 Å². The number of aryl methyl sites for hydroxylation is 2. The zero-order valence-corrected chi connectivity index (χ0v) is 25.0. The van der Waals surface area contributed by atoms with Gasteiger partial charge in [-0.25, -0.2) is 0 Å². The molecule has 0 bridgehead atoms. The number of carbonyl (C=O) groups excluding carboxylic acids is 1. The molecule has 0 amide bonds. The number of ketones is 1. The van der Waals surface area contributed by atoms with Crippen LogP contribution in [0.5, 0.6) is 5.75 Å². The topological polar surface area (TPSA) is 26.3 Å². The van der Waals surface area contributed by atoms with Gasteiger partial charge in [0.1, 0.15) is 25.4 Å². The normalized spacial score (nSPS) is 11.2. The highest BCUT2D eigenvalue weighted by atomic mass is 35.5. The maximum atomic E-state index is 13.6. The molecule has 0 spiro atoms. The predicted octanol–water partition coefficient (Wildman–Crippen LogP) is 5.15. The highest BCUT2D eigenvalue weighted by Gasteiger charge is 2.25. The molecule has 0 fully saturated rings. The van der Waals surface area contributed by atoms with E-state index < -0.39 is 0 Å². The van der Waals surface area contributed by atoms with Crippen LogP contribution in [-0.2, 0) is 6.54 Å². The van der Waals surface area contributed by atoms with Crippen molar-refractivity contribution in [3.8, 4) is 5.75 Å². The Labute approximate surface area is 246 Å². The Morgan fingerprint density at radius 3 is 1.70 bits per heavy atom. The molecule has 0 saturated heterocycles. The Hall–Kier alpha value is -3.40. The number of quaternary nitrogens is 1. The van der Waals surface area contributed by atoms with Crippen molar-refractivity contribution in [3.63, 3.8) is 0 Å². The van der Waals surface area contributed by atoms with Gasteiger partial charge in [0.2, 0.25) is 0 Å². The van der Waals surface area contributed by atoms with Crippen molar-refractivity contribution in [3.05, 3.63) is 137 Å². The zero-order chi connectivity index (χ0) is 27.7. The molecule has 0 aliphatic carbocycles. The van der Waals surface area contributed by atoms with Crippen LogP contribution in [0.25, 0.3) is 0 Å². The van der Waals surface area contributed by atoms with Crippen molar-refractivity contribution in [2.45, 2.75) is 46.6 Å². The molecule has 0 unspecified atom stereocenters. The number of hydrogen-bond donors (Lipinski definition) is 0. The second kappa shape index (κ2) is 14.8. The molecule has 0 aliphatic heterocycles. The fourth-order valence-electron chi connectivity index (χ4n) is 5.60. The van der Waals surface area contributed by atoms with Crippen LogP contribution in [0.1, 0.15) is 64.4 Å². The summed E-state index contributed by atoms with van der Waals surface area (Å²) in [5.41, 5.74) is 6.47. The number of likely N-dealkylation sites (N-methyl/N-ethyl adjacent to an activating group) is 1. The minimum atomic E-state index is 0. The van der Waals surface area contributed by atoms with E-state index >= 15 is 0 Å². The van der Waals surface area contributed by atoms with Crippen LogP contribution in [0.4, 0.5) is 0 Å². The van der Waals surface area contributed by atoms with E-state index in [9.17, 15) is 4.79 Å². The standard InChI is InChI=1S/C36H42NO2.ClH/c1-5-37(6-2,27-30-16-10-7-11-17-30)22-23-39-36-28(3)24-33(25-29(36)4)35(38)26-34(31-18-12-8-13-19-31)32-20-14-9-15-21-32;/h7-21,24-25,34H,5-6,22-23,26-27H2,1-4H3;1H/q+1;/p-1. The molecule has 0 aliphatic rings. The SMILES string of the molecule is CC[N+](CC)(CCOc1c(C)cc(C(=O)CC(c2ccccc2)c2ccccc2)cc1C)Cc1ccccc1.[Cl-]. The molecule has 0 atom stereocenters. The molecular formula is C36H42ClNO2. The van der Waals surface area contributed by atoms with Crippen molar-refractivity contribution >= 4 is 5.78 Å². The van der Waals surface area contributed by atoms with Gasteiger partial charge in [-0.05, 0) is 62.1 Å². The highest BCUT2D eigenvalue weighted by Crippen LogP contribution is 2.31. The first-order valence-electron chi connectivity index (χ1n) is 14.2. The van der Waals surface area contributed by atoms with Crippen LogP contribution in [-0.4, -0.2) is 36.5 Å². The number of hydrogen-bond acceptors (Lipinski definition) is 2. The molecule has 4 aromatic carbocycles. The van der Waals surface area contributed by atoms with Gasteiger partial charge >= 0.3 is 0 Å². The van der Waals surface area contributed by atoms with Crippen LogP contribution in [0, 0.1) is 13.8 Å². The highest BCUT2D eigenvalue weighted by molar-refractivity contribution is 5.97. The maximum absolute atomic E-state index is 13.6. The van der Waals surface area contributed by atoms with E-state index in [0.717, 1.165) is 64.2 Å². The van der Waals surface area contributed by atoms with E-state index in [0.29, 0.717) is 13.0 Å². The summed E-state index contributed by atoms with van der Waals surface area (Å²) in [5.74, 6) is 1.08. The summed E-state index contributed by atoms with van der Waals surface area (Å²) in [6, 6.07) is 35.4. The van der Waals surface area contributed by atoms with Crippen molar-refractivity contribution in [2.75, 3.05) is 26.2 Å². The van der Waals surface area contributed by atoms with E-state index in [-0.39, 0.29) is 24.1 Å². The first kappa shape index (κ1) is 31.1. The van der Waals surface area contributed by atoms with Gasteiger partial charge in [-0.15, -0.1) is 0 Å². The first-order valence-corrected chi connectivity index (χ1v) is 14.2. The second-order valence-corrected chi connectivity index (χ2v) is 10.6. The summed E-state index contributed by atoms with van der Waals surface area (Å²) in [6.45, 7) is 13.3. The number of nitrogens with zero attached hydrogens (tertiary/aromatic N) is 1. The molecule has 4 aromatic rings. The van der Waals surface area contributed by atoms with Crippen LogP contribution < -0.4 is 17.1 Å². The summed E-state index contributed by atoms with van der Waals surface area (Å²) in [6.07, 6.45) is 0.430. The minimum absolute atomic E-state index is 0. The Balaban J connectivity index is 0.00000441. The maximum Gasteiger partial charge on any atom is 0.163 e. The van der Waals surface area contributed by atoms with E-state index in [1.165, 1.54) is 5.56 Å². The monoisotopic (exact) mass is 555 g/mol. The molecule has 40 heavy (non-hydrogen) atoms. The summed E-state index contributed by atoms with van der Waals surface area (Å²) >= 11 is 0. The predicted molar refractivity (Wildman–Crippen MR) is 161 cm³/mol. The van der Waals surface area contributed by atoms with Gasteiger partial charge in [-0.3, -0.25) is 4.79 Å². The Morgan fingerprint density at radius 1 is 0.750 bits per heavy atom. The molecular weight excluding hydrogens is 514 g/mol. The fourth-order valence-corrected chi connectivity index (χ4v) is 5.60.